The van der Waals surface area contributed by atoms with Gasteiger partial charge in [-0.15, -0.1) is 11.3 Å². The highest BCUT2D eigenvalue weighted by Gasteiger charge is 2.20. The molecule has 2 rings (SSSR count). The molecule has 4 N–H and O–H groups in total. The number of hydrogen-bond acceptors (Lipinski definition) is 4. The van der Waals surface area contributed by atoms with E-state index in [4.69, 9.17) is 18.0 Å². The van der Waals surface area contributed by atoms with E-state index in [1.165, 1.54) is 11.3 Å². The smallest absolute Gasteiger partial charge is 0.251 e. The summed E-state index contributed by atoms with van der Waals surface area (Å²) in [4.78, 5) is 24.7. The highest BCUT2D eigenvalue weighted by molar-refractivity contribution is 7.80. The van der Waals surface area contributed by atoms with E-state index < -0.39 is 5.91 Å². The van der Waals surface area contributed by atoms with Gasteiger partial charge in [-0.3, -0.25) is 9.59 Å². The third-order valence-corrected chi connectivity index (χ3v) is 5.10. The Kier molecular flexibility index (Phi) is 6.27. The summed E-state index contributed by atoms with van der Waals surface area (Å²) in [6.07, 6.45) is 0.699. The lowest BCUT2D eigenvalue weighted by molar-refractivity contribution is -0.122. The lowest BCUT2D eigenvalue weighted by Crippen LogP contribution is -2.36. The summed E-state index contributed by atoms with van der Waals surface area (Å²) in [5.41, 5.74) is 7.94. The fraction of sp³-hybridized carbons (Fsp3) is 0.278. The fourth-order valence-electron chi connectivity index (χ4n) is 2.29. The molecule has 2 amide bonds. The first kappa shape index (κ1) is 19.1. The van der Waals surface area contributed by atoms with Crippen LogP contribution >= 0.6 is 23.6 Å². The molecule has 0 saturated carbocycles. The maximum absolute atomic E-state index is 11.9. The van der Waals surface area contributed by atoms with Gasteiger partial charge in [-0.1, -0.05) is 44.2 Å². The summed E-state index contributed by atoms with van der Waals surface area (Å²) in [6, 6.07) is 9.97. The van der Waals surface area contributed by atoms with Crippen molar-refractivity contribution < 1.29 is 9.59 Å². The Morgan fingerprint density at radius 2 is 1.88 bits per heavy atom. The van der Waals surface area contributed by atoms with Gasteiger partial charge in [0.05, 0.1) is 5.56 Å². The summed E-state index contributed by atoms with van der Waals surface area (Å²) in [6.45, 7) is 5.43. The summed E-state index contributed by atoms with van der Waals surface area (Å²) >= 11 is 6.59. The van der Waals surface area contributed by atoms with Gasteiger partial charge in [-0.05, 0) is 30.3 Å². The Morgan fingerprint density at radius 3 is 2.44 bits per heavy atom. The van der Waals surface area contributed by atoms with Gasteiger partial charge in [0, 0.05) is 17.2 Å². The standard InChI is InChI=1S/C18H21N3O2S2/c1-10(2)16(23)20-18(24)21-17-14(15(19)22)11(3)13(25-17)9-12-7-5-4-6-8-12/h4-8,10H,9H2,1-3H3,(H2,19,22)(H2,20,21,23,24). The minimum atomic E-state index is -0.520. The predicted octanol–water partition coefficient (Wildman–Crippen LogP) is 3.22. The molecule has 5 nitrogen and oxygen atoms in total. The second-order valence-corrected chi connectivity index (χ2v) is 7.49. The largest absolute Gasteiger partial charge is 0.365 e. The van der Waals surface area contributed by atoms with Crippen LogP contribution < -0.4 is 16.4 Å². The zero-order chi connectivity index (χ0) is 18.6. The zero-order valence-corrected chi connectivity index (χ0v) is 16.0. The number of benzene rings is 1. The first-order valence-corrected chi connectivity index (χ1v) is 9.10. The number of thiophene rings is 1. The van der Waals surface area contributed by atoms with Crippen molar-refractivity contribution in [2.45, 2.75) is 27.2 Å². The van der Waals surface area contributed by atoms with E-state index in [2.05, 4.69) is 10.6 Å². The van der Waals surface area contributed by atoms with Gasteiger partial charge in [0.15, 0.2) is 5.11 Å². The average molecular weight is 376 g/mol. The van der Waals surface area contributed by atoms with Crippen molar-refractivity contribution in [3.8, 4) is 0 Å². The fourth-order valence-corrected chi connectivity index (χ4v) is 3.80. The molecule has 0 unspecified atom stereocenters. The molecule has 2 aromatic rings. The van der Waals surface area contributed by atoms with Gasteiger partial charge in [0.1, 0.15) is 5.00 Å². The van der Waals surface area contributed by atoms with Crippen LogP contribution in [0, 0.1) is 12.8 Å². The van der Waals surface area contributed by atoms with Crippen LogP contribution in [0.3, 0.4) is 0 Å². The maximum Gasteiger partial charge on any atom is 0.251 e. The molecule has 25 heavy (non-hydrogen) atoms. The number of nitrogens with one attached hydrogen (secondary N) is 2. The maximum atomic E-state index is 11.9. The van der Waals surface area contributed by atoms with Crippen LogP contribution in [-0.2, 0) is 11.2 Å². The lowest BCUT2D eigenvalue weighted by atomic mass is 10.1. The molecule has 1 heterocycles. The van der Waals surface area contributed by atoms with Crippen molar-refractivity contribution >= 4 is 45.5 Å². The molecule has 0 atom stereocenters. The van der Waals surface area contributed by atoms with E-state index in [1.807, 2.05) is 37.3 Å². The SMILES string of the molecule is Cc1c(Cc2ccccc2)sc(NC(=S)NC(=O)C(C)C)c1C(N)=O. The monoisotopic (exact) mass is 375 g/mol. The molecule has 0 aliphatic rings. The highest BCUT2D eigenvalue weighted by atomic mass is 32.1. The number of thiocarbonyl (C=S) groups is 1. The number of primary amides is 1. The van der Waals surface area contributed by atoms with E-state index in [0.717, 1.165) is 16.0 Å². The number of anilines is 1. The minimum absolute atomic E-state index is 0.161. The van der Waals surface area contributed by atoms with Crippen molar-refractivity contribution in [1.82, 2.24) is 5.32 Å². The van der Waals surface area contributed by atoms with Gasteiger partial charge in [0.2, 0.25) is 5.91 Å². The minimum Gasteiger partial charge on any atom is -0.365 e. The third-order valence-electron chi connectivity index (χ3n) is 3.69. The van der Waals surface area contributed by atoms with Crippen molar-refractivity contribution in [3.63, 3.8) is 0 Å². The van der Waals surface area contributed by atoms with E-state index in [9.17, 15) is 9.59 Å². The zero-order valence-electron chi connectivity index (χ0n) is 14.4. The normalized spacial score (nSPS) is 10.6. The van der Waals surface area contributed by atoms with Crippen LogP contribution in [-0.4, -0.2) is 16.9 Å². The molecule has 7 heteroatoms. The van der Waals surface area contributed by atoms with Crippen molar-refractivity contribution in [2.24, 2.45) is 11.7 Å². The topological polar surface area (TPSA) is 84.2 Å². The molecule has 132 valence electrons. The van der Waals surface area contributed by atoms with Gasteiger partial charge in [0.25, 0.3) is 5.91 Å². The van der Waals surface area contributed by atoms with Crippen LogP contribution in [0.15, 0.2) is 30.3 Å². The molecule has 0 aliphatic carbocycles. The van der Waals surface area contributed by atoms with Gasteiger partial charge in [-0.2, -0.15) is 0 Å². The van der Waals surface area contributed by atoms with Crippen LogP contribution in [0.25, 0.3) is 0 Å². The van der Waals surface area contributed by atoms with Gasteiger partial charge >= 0.3 is 0 Å². The molecule has 1 aromatic heterocycles. The first-order valence-electron chi connectivity index (χ1n) is 7.87. The summed E-state index contributed by atoms with van der Waals surface area (Å²) in [7, 11) is 0. The van der Waals surface area contributed by atoms with Crippen LogP contribution in [0.5, 0.6) is 0 Å². The molecular weight excluding hydrogens is 354 g/mol. The molecule has 0 saturated heterocycles. The Balaban J connectivity index is 2.25. The van der Waals surface area contributed by atoms with E-state index in [-0.39, 0.29) is 16.9 Å². The number of nitrogens with two attached hydrogens (primary N) is 1. The molecule has 1 aromatic carbocycles. The number of rotatable bonds is 5. The molecule has 0 spiro atoms. The van der Waals surface area contributed by atoms with Gasteiger partial charge in [-0.25, -0.2) is 0 Å². The second-order valence-electron chi connectivity index (χ2n) is 5.98. The molecule has 0 fully saturated rings. The van der Waals surface area contributed by atoms with E-state index in [1.54, 1.807) is 13.8 Å². The number of hydrogen-bond donors (Lipinski definition) is 3. The predicted molar refractivity (Wildman–Crippen MR) is 106 cm³/mol. The Morgan fingerprint density at radius 1 is 1.24 bits per heavy atom. The number of carbonyl (C=O) groups is 2. The van der Waals surface area contributed by atoms with Gasteiger partial charge < -0.3 is 16.4 Å². The average Bonchev–Trinajstić information content (AvgIpc) is 2.83. The number of carbonyl (C=O) groups excluding carboxylic acids is 2. The third kappa shape index (κ3) is 4.87. The molecule has 0 radical (unpaired) electrons. The molecule has 0 aliphatic heterocycles. The molecular formula is C18H21N3O2S2. The van der Waals surface area contributed by atoms with Crippen LogP contribution in [0.4, 0.5) is 5.00 Å². The summed E-state index contributed by atoms with van der Waals surface area (Å²) in [5.74, 6) is -0.890. The number of amides is 2. The first-order chi connectivity index (χ1) is 11.8. The van der Waals surface area contributed by atoms with E-state index >= 15 is 0 Å². The quantitative estimate of drug-likeness (QED) is 0.701. The summed E-state index contributed by atoms with van der Waals surface area (Å²) < 4.78 is 0. The van der Waals surface area contributed by atoms with Crippen LogP contribution in [0.2, 0.25) is 0 Å². The Bertz CT molecular complexity index is 798. The molecule has 0 bridgehead atoms. The second kappa shape index (κ2) is 8.22. The Hall–Kier alpha value is -2.25. The summed E-state index contributed by atoms with van der Waals surface area (Å²) in [5, 5.41) is 6.27. The highest BCUT2D eigenvalue weighted by Crippen LogP contribution is 2.34. The van der Waals surface area contributed by atoms with Crippen molar-refractivity contribution in [1.29, 1.82) is 0 Å². The lowest BCUT2D eigenvalue weighted by Gasteiger charge is -2.10. The van der Waals surface area contributed by atoms with E-state index in [0.29, 0.717) is 17.0 Å². The van der Waals surface area contributed by atoms with Crippen LogP contribution in [0.1, 0.15) is 40.2 Å². The van der Waals surface area contributed by atoms with Crippen molar-refractivity contribution in [2.75, 3.05) is 5.32 Å². The van der Waals surface area contributed by atoms with Crippen molar-refractivity contribution in [3.05, 3.63) is 51.9 Å². The Labute approximate surface area is 156 Å².